The van der Waals surface area contributed by atoms with Crippen LogP contribution in [0.5, 0.6) is 0 Å². The summed E-state index contributed by atoms with van der Waals surface area (Å²) in [5.41, 5.74) is 2.24. The van der Waals surface area contributed by atoms with Crippen LogP contribution in [0.4, 0.5) is 0 Å². The van der Waals surface area contributed by atoms with Crippen molar-refractivity contribution in [1.82, 2.24) is 0 Å². The molecule has 21 heavy (non-hydrogen) atoms. The molecule has 0 N–H and O–H groups in total. The molecular weight excluding hydrogens is 288 g/mol. The molecule has 0 saturated carbocycles. The molecule has 5 heteroatoms. The maximum atomic E-state index is 11.9. The number of esters is 1. The SMILES string of the molecule is Cc1ccc(COC(=O)c2cccc(S(C)(=O)=O)c2)cc1. The molecular formula is C16H16O4S. The van der Waals surface area contributed by atoms with E-state index in [1.165, 1.54) is 24.3 Å². The van der Waals surface area contributed by atoms with Crippen LogP contribution in [0.2, 0.25) is 0 Å². The summed E-state index contributed by atoms with van der Waals surface area (Å²) in [7, 11) is -3.34. The largest absolute Gasteiger partial charge is 0.457 e. The maximum absolute atomic E-state index is 11.9. The molecule has 0 radical (unpaired) electrons. The number of benzene rings is 2. The Morgan fingerprint density at radius 3 is 2.38 bits per heavy atom. The van der Waals surface area contributed by atoms with E-state index in [1.807, 2.05) is 31.2 Å². The molecule has 0 spiro atoms. The van der Waals surface area contributed by atoms with Gasteiger partial charge in [-0.1, -0.05) is 35.9 Å². The second-order valence-corrected chi connectivity index (χ2v) is 6.88. The van der Waals surface area contributed by atoms with Crippen LogP contribution in [0.25, 0.3) is 0 Å². The van der Waals surface area contributed by atoms with Crippen molar-refractivity contribution in [2.75, 3.05) is 6.26 Å². The molecule has 0 aliphatic carbocycles. The summed E-state index contributed by atoms with van der Waals surface area (Å²) < 4.78 is 28.1. The zero-order valence-corrected chi connectivity index (χ0v) is 12.7. The lowest BCUT2D eigenvalue weighted by Gasteiger charge is -2.06. The highest BCUT2D eigenvalue weighted by molar-refractivity contribution is 7.90. The summed E-state index contributed by atoms with van der Waals surface area (Å²) in [4.78, 5) is 12.1. The molecule has 2 aromatic rings. The summed E-state index contributed by atoms with van der Waals surface area (Å²) in [6, 6.07) is 13.5. The third-order valence-corrected chi connectivity index (χ3v) is 4.10. The molecule has 2 rings (SSSR count). The Kier molecular flexibility index (Phi) is 4.43. The van der Waals surface area contributed by atoms with Gasteiger partial charge in [0.25, 0.3) is 0 Å². The Morgan fingerprint density at radius 2 is 1.76 bits per heavy atom. The average Bonchev–Trinajstić information content (AvgIpc) is 2.45. The third-order valence-electron chi connectivity index (χ3n) is 2.99. The first-order chi connectivity index (χ1) is 9.86. The molecule has 0 heterocycles. The van der Waals surface area contributed by atoms with Crippen LogP contribution < -0.4 is 0 Å². The number of ether oxygens (including phenoxy) is 1. The van der Waals surface area contributed by atoms with E-state index in [2.05, 4.69) is 0 Å². The molecule has 4 nitrogen and oxygen atoms in total. The second kappa shape index (κ2) is 6.10. The minimum Gasteiger partial charge on any atom is -0.457 e. The van der Waals surface area contributed by atoms with Crippen molar-refractivity contribution in [3.8, 4) is 0 Å². The number of sulfone groups is 1. The molecule has 2 aromatic carbocycles. The Balaban J connectivity index is 2.08. The van der Waals surface area contributed by atoms with Crippen LogP contribution in [0.3, 0.4) is 0 Å². The maximum Gasteiger partial charge on any atom is 0.338 e. The predicted octanol–water partition coefficient (Wildman–Crippen LogP) is 2.76. The van der Waals surface area contributed by atoms with Crippen LogP contribution in [-0.4, -0.2) is 20.6 Å². The van der Waals surface area contributed by atoms with Crippen molar-refractivity contribution < 1.29 is 17.9 Å². The van der Waals surface area contributed by atoms with Gasteiger partial charge in [0.15, 0.2) is 9.84 Å². The van der Waals surface area contributed by atoms with Gasteiger partial charge in [0.2, 0.25) is 0 Å². The lowest BCUT2D eigenvalue weighted by Crippen LogP contribution is -2.07. The molecule has 0 amide bonds. The summed E-state index contributed by atoms with van der Waals surface area (Å²) in [5.74, 6) is -0.541. The highest BCUT2D eigenvalue weighted by atomic mass is 32.2. The van der Waals surface area contributed by atoms with E-state index in [1.54, 1.807) is 0 Å². The molecule has 0 saturated heterocycles. The first kappa shape index (κ1) is 15.3. The van der Waals surface area contributed by atoms with Crippen LogP contribution in [0.1, 0.15) is 21.5 Å². The Labute approximate surface area is 124 Å². The van der Waals surface area contributed by atoms with Crippen LogP contribution in [-0.2, 0) is 21.2 Å². The highest BCUT2D eigenvalue weighted by Crippen LogP contribution is 2.13. The minimum absolute atomic E-state index is 0.104. The van der Waals surface area contributed by atoms with Gasteiger partial charge in [-0.3, -0.25) is 0 Å². The van der Waals surface area contributed by atoms with Crippen molar-refractivity contribution in [2.24, 2.45) is 0 Å². The van der Waals surface area contributed by atoms with Crippen LogP contribution >= 0.6 is 0 Å². The van der Waals surface area contributed by atoms with E-state index in [0.29, 0.717) is 0 Å². The van der Waals surface area contributed by atoms with Crippen LogP contribution in [0, 0.1) is 6.92 Å². The molecule has 110 valence electrons. The lowest BCUT2D eigenvalue weighted by molar-refractivity contribution is 0.0472. The third kappa shape index (κ3) is 4.16. The first-order valence-corrected chi connectivity index (χ1v) is 8.28. The zero-order valence-electron chi connectivity index (χ0n) is 11.9. The zero-order chi connectivity index (χ0) is 15.5. The van der Waals surface area contributed by atoms with Gasteiger partial charge in [-0.2, -0.15) is 0 Å². The van der Waals surface area contributed by atoms with Gasteiger partial charge in [-0.15, -0.1) is 0 Å². The standard InChI is InChI=1S/C16H16O4S/c1-12-6-8-13(9-7-12)11-20-16(17)14-4-3-5-15(10-14)21(2,18)19/h3-10H,11H2,1-2H3. The molecule has 0 aromatic heterocycles. The summed E-state index contributed by atoms with van der Waals surface area (Å²) in [6.45, 7) is 2.13. The minimum atomic E-state index is -3.34. The molecule has 0 aliphatic heterocycles. The van der Waals surface area contributed by atoms with E-state index < -0.39 is 15.8 Å². The smallest absolute Gasteiger partial charge is 0.338 e. The van der Waals surface area contributed by atoms with Crippen molar-refractivity contribution in [1.29, 1.82) is 0 Å². The van der Waals surface area contributed by atoms with E-state index in [4.69, 9.17) is 4.74 Å². The highest BCUT2D eigenvalue weighted by Gasteiger charge is 2.12. The van der Waals surface area contributed by atoms with Gasteiger partial charge in [-0.25, -0.2) is 13.2 Å². The quantitative estimate of drug-likeness (QED) is 0.815. The monoisotopic (exact) mass is 304 g/mol. The number of carbonyl (C=O) groups excluding carboxylic acids is 1. The second-order valence-electron chi connectivity index (χ2n) is 4.86. The number of hydrogen-bond acceptors (Lipinski definition) is 4. The number of aryl methyl sites for hydroxylation is 1. The molecule has 0 aliphatic rings. The number of hydrogen-bond donors (Lipinski definition) is 0. The van der Waals surface area contributed by atoms with E-state index in [9.17, 15) is 13.2 Å². The fourth-order valence-electron chi connectivity index (χ4n) is 1.77. The van der Waals surface area contributed by atoms with E-state index in [-0.39, 0.29) is 17.1 Å². The van der Waals surface area contributed by atoms with Crippen molar-refractivity contribution in [2.45, 2.75) is 18.4 Å². The fourth-order valence-corrected chi connectivity index (χ4v) is 2.44. The van der Waals surface area contributed by atoms with Crippen LogP contribution in [0.15, 0.2) is 53.4 Å². The van der Waals surface area contributed by atoms with Crippen molar-refractivity contribution in [3.63, 3.8) is 0 Å². The fraction of sp³-hybridized carbons (Fsp3) is 0.188. The first-order valence-electron chi connectivity index (χ1n) is 6.39. The Hall–Kier alpha value is -2.14. The summed E-state index contributed by atoms with van der Waals surface area (Å²) in [5, 5.41) is 0. The van der Waals surface area contributed by atoms with Gasteiger partial charge >= 0.3 is 5.97 Å². The van der Waals surface area contributed by atoms with E-state index in [0.717, 1.165) is 17.4 Å². The summed E-state index contributed by atoms with van der Waals surface area (Å²) in [6.07, 6.45) is 1.10. The topological polar surface area (TPSA) is 60.4 Å². The molecule has 0 atom stereocenters. The van der Waals surface area contributed by atoms with Crippen molar-refractivity contribution in [3.05, 3.63) is 65.2 Å². The Morgan fingerprint density at radius 1 is 1.10 bits per heavy atom. The normalized spacial score (nSPS) is 11.1. The van der Waals surface area contributed by atoms with E-state index >= 15 is 0 Å². The molecule has 0 fully saturated rings. The molecule has 0 bridgehead atoms. The van der Waals surface area contributed by atoms with Gasteiger partial charge in [-0.05, 0) is 30.7 Å². The van der Waals surface area contributed by atoms with Gasteiger partial charge in [0.05, 0.1) is 10.5 Å². The van der Waals surface area contributed by atoms with Gasteiger partial charge in [0, 0.05) is 6.26 Å². The summed E-state index contributed by atoms with van der Waals surface area (Å²) >= 11 is 0. The number of carbonyl (C=O) groups is 1. The number of rotatable bonds is 4. The Bertz CT molecular complexity index is 746. The van der Waals surface area contributed by atoms with Gasteiger partial charge < -0.3 is 4.74 Å². The molecule has 0 unspecified atom stereocenters. The van der Waals surface area contributed by atoms with Gasteiger partial charge in [0.1, 0.15) is 6.61 Å². The van der Waals surface area contributed by atoms with Crippen molar-refractivity contribution >= 4 is 15.8 Å². The lowest BCUT2D eigenvalue weighted by atomic mass is 10.2. The average molecular weight is 304 g/mol. The predicted molar refractivity (Wildman–Crippen MR) is 79.9 cm³/mol.